The Labute approximate surface area is 176 Å². The Balaban J connectivity index is 1.77. The van der Waals surface area contributed by atoms with Crippen LogP contribution in [0.2, 0.25) is 0 Å². The van der Waals surface area contributed by atoms with Gasteiger partial charge in [0.2, 0.25) is 0 Å². The first kappa shape index (κ1) is 19.8. The van der Waals surface area contributed by atoms with Crippen molar-refractivity contribution in [3.05, 3.63) is 74.7 Å². The maximum Gasteiger partial charge on any atom is 0.258 e. The molecule has 0 radical (unpaired) electrons. The molecule has 0 saturated heterocycles. The van der Waals surface area contributed by atoms with Gasteiger partial charge in [0.15, 0.2) is 6.29 Å². The van der Waals surface area contributed by atoms with Gasteiger partial charge in [-0.05, 0) is 24.1 Å². The zero-order chi connectivity index (χ0) is 21.3. The molecule has 0 unspecified atom stereocenters. The standard InChI is InChI=1S/C22H19N3O4S/c1-13(2)16-12-30-19(24-16)11-29-15-5-7-25-17(8-15)21(18(27)9-20(25)28)22-14(10-26)4-3-6-23-22/h3-10,12-13,27H,11H2,1-2H3. The molecular weight excluding hydrogens is 402 g/mol. The van der Waals surface area contributed by atoms with Crippen LogP contribution in [0.25, 0.3) is 16.8 Å². The molecule has 7 nitrogen and oxygen atoms in total. The number of fused-ring (bicyclic) bond motifs is 1. The van der Waals surface area contributed by atoms with Crippen molar-refractivity contribution in [3.63, 3.8) is 0 Å². The summed E-state index contributed by atoms with van der Waals surface area (Å²) < 4.78 is 7.26. The number of aromatic hydroxyl groups is 1. The molecule has 4 heterocycles. The highest BCUT2D eigenvalue weighted by atomic mass is 32.1. The van der Waals surface area contributed by atoms with Crippen molar-refractivity contribution in [3.8, 4) is 22.8 Å². The number of thiazole rings is 1. The van der Waals surface area contributed by atoms with Gasteiger partial charge in [0, 0.05) is 35.5 Å². The van der Waals surface area contributed by atoms with Crippen LogP contribution in [0, 0.1) is 0 Å². The normalized spacial score (nSPS) is 11.2. The molecule has 0 saturated carbocycles. The summed E-state index contributed by atoms with van der Waals surface area (Å²) in [5.74, 6) is 0.602. The van der Waals surface area contributed by atoms with Gasteiger partial charge in [-0.3, -0.25) is 19.0 Å². The van der Waals surface area contributed by atoms with Gasteiger partial charge in [-0.1, -0.05) is 13.8 Å². The van der Waals surface area contributed by atoms with Crippen molar-refractivity contribution in [2.24, 2.45) is 0 Å². The number of carbonyl (C=O) groups excluding carboxylic acids is 1. The van der Waals surface area contributed by atoms with Crippen LogP contribution in [0.15, 0.2) is 52.9 Å². The van der Waals surface area contributed by atoms with E-state index in [1.807, 2.05) is 5.38 Å². The molecule has 152 valence electrons. The fourth-order valence-corrected chi connectivity index (χ4v) is 3.98. The van der Waals surface area contributed by atoms with E-state index < -0.39 is 5.56 Å². The fraction of sp³-hybridized carbons (Fsp3) is 0.182. The second-order valence-electron chi connectivity index (χ2n) is 7.03. The molecule has 0 aliphatic carbocycles. The van der Waals surface area contributed by atoms with Crippen LogP contribution in [0.1, 0.15) is 40.8 Å². The summed E-state index contributed by atoms with van der Waals surface area (Å²) in [6.07, 6.45) is 3.76. The number of pyridine rings is 3. The summed E-state index contributed by atoms with van der Waals surface area (Å²) >= 11 is 1.53. The Morgan fingerprint density at radius 2 is 2.13 bits per heavy atom. The van der Waals surface area contributed by atoms with Crippen LogP contribution < -0.4 is 10.3 Å². The Bertz CT molecular complexity index is 1290. The van der Waals surface area contributed by atoms with Gasteiger partial charge in [0.1, 0.15) is 23.1 Å². The SMILES string of the molecule is CC(C)c1csc(COc2ccn3c(=O)cc(O)c(-c4ncccc4C=O)c3c2)n1. The molecule has 0 atom stereocenters. The lowest BCUT2D eigenvalue weighted by Crippen LogP contribution is -2.13. The highest BCUT2D eigenvalue weighted by Gasteiger charge is 2.17. The average molecular weight is 421 g/mol. The topological polar surface area (TPSA) is 93.8 Å². The smallest absolute Gasteiger partial charge is 0.258 e. The van der Waals surface area contributed by atoms with E-state index >= 15 is 0 Å². The maximum atomic E-state index is 12.4. The molecule has 0 aromatic carbocycles. The van der Waals surface area contributed by atoms with Crippen LogP contribution >= 0.6 is 11.3 Å². The van der Waals surface area contributed by atoms with Crippen molar-refractivity contribution < 1.29 is 14.6 Å². The molecule has 0 amide bonds. The number of hydrogen-bond acceptors (Lipinski definition) is 7. The number of ether oxygens (including phenoxy) is 1. The van der Waals surface area contributed by atoms with Crippen molar-refractivity contribution >= 4 is 23.1 Å². The monoisotopic (exact) mass is 421 g/mol. The van der Waals surface area contributed by atoms with E-state index in [1.54, 1.807) is 30.5 Å². The summed E-state index contributed by atoms with van der Waals surface area (Å²) in [6, 6.07) is 7.66. The predicted octanol–water partition coefficient (Wildman–Crippen LogP) is 4.04. The lowest BCUT2D eigenvalue weighted by molar-refractivity contribution is 0.112. The first-order chi connectivity index (χ1) is 14.5. The molecule has 0 fully saturated rings. The number of aldehydes is 1. The van der Waals surface area contributed by atoms with E-state index in [0.29, 0.717) is 40.3 Å². The van der Waals surface area contributed by atoms with Crippen LogP contribution in [0.4, 0.5) is 0 Å². The Kier molecular flexibility index (Phi) is 5.33. The van der Waals surface area contributed by atoms with E-state index in [2.05, 4.69) is 23.8 Å². The summed E-state index contributed by atoms with van der Waals surface area (Å²) in [6.45, 7) is 4.45. The van der Waals surface area contributed by atoms with Crippen molar-refractivity contribution in [2.75, 3.05) is 0 Å². The van der Waals surface area contributed by atoms with E-state index in [-0.39, 0.29) is 12.4 Å². The van der Waals surface area contributed by atoms with Crippen molar-refractivity contribution in [1.82, 2.24) is 14.4 Å². The second-order valence-corrected chi connectivity index (χ2v) is 7.97. The first-order valence-electron chi connectivity index (χ1n) is 9.34. The van der Waals surface area contributed by atoms with E-state index in [1.165, 1.54) is 21.9 Å². The lowest BCUT2D eigenvalue weighted by Gasteiger charge is -2.12. The zero-order valence-electron chi connectivity index (χ0n) is 16.4. The second kappa shape index (κ2) is 8.08. The lowest BCUT2D eigenvalue weighted by atomic mass is 10.0. The number of nitrogens with zero attached hydrogens (tertiary/aromatic N) is 3. The number of rotatable bonds is 6. The predicted molar refractivity (Wildman–Crippen MR) is 114 cm³/mol. The molecule has 8 heteroatoms. The van der Waals surface area contributed by atoms with Gasteiger partial charge < -0.3 is 9.84 Å². The molecule has 4 rings (SSSR count). The van der Waals surface area contributed by atoms with Crippen molar-refractivity contribution in [1.29, 1.82) is 0 Å². The quantitative estimate of drug-likeness (QED) is 0.472. The van der Waals surface area contributed by atoms with Gasteiger partial charge in [-0.2, -0.15) is 0 Å². The molecule has 0 bridgehead atoms. The first-order valence-corrected chi connectivity index (χ1v) is 10.2. The highest BCUT2D eigenvalue weighted by Crippen LogP contribution is 2.34. The Morgan fingerprint density at radius 1 is 1.30 bits per heavy atom. The summed E-state index contributed by atoms with van der Waals surface area (Å²) in [5, 5.41) is 13.4. The van der Waals surface area contributed by atoms with Gasteiger partial charge in [-0.25, -0.2) is 4.98 Å². The molecule has 0 aliphatic rings. The molecule has 4 aromatic heterocycles. The molecule has 0 spiro atoms. The van der Waals surface area contributed by atoms with E-state index in [9.17, 15) is 14.7 Å². The molecule has 4 aromatic rings. The average Bonchev–Trinajstić information content (AvgIpc) is 3.22. The molecular formula is C22H19N3O4S. The van der Waals surface area contributed by atoms with Gasteiger partial charge >= 0.3 is 0 Å². The summed E-state index contributed by atoms with van der Waals surface area (Å²) in [5.41, 5.74) is 1.90. The summed E-state index contributed by atoms with van der Waals surface area (Å²) in [7, 11) is 0. The Hall–Kier alpha value is -3.52. The van der Waals surface area contributed by atoms with Crippen molar-refractivity contribution in [2.45, 2.75) is 26.4 Å². The van der Waals surface area contributed by atoms with Gasteiger partial charge in [0.25, 0.3) is 5.56 Å². The minimum absolute atomic E-state index is 0.250. The van der Waals surface area contributed by atoms with Crippen LogP contribution in [0.3, 0.4) is 0 Å². The summed E-state index contributed by atoms with van der Waals surface area (Å²) in [4.78, 5) is 32.6. The zero-order valence-corrected chi connectivity index (χ0v) is 17.2. The molecule has 30 heavy (non-hydrogen) atoms. The minimum atomic E-state index is -0.400. The van der Waals surface area contributed by atoms with E-state index in [0.717, 1.165) is 16.8 Å². The fourth-order valence-electron chi connectivity index (χ4n) is 3.11. The van der Waals surface area contributed by atoms with Gasteiger partial charge in [0.05, 0.1) is 22.5 Å². The number of carbonyl (C=O) groups is 1. The maximum absolute atomic E-state index is 12.4. The molecule has 1 N–H and O–H groups in total. The third kappa shape index (κ3) is 3.69. The van der Waals surface area contributed by atoms with Crippen LogP contribution in [-0.2, 0) is 6.61 Å². The van der Waals surface area contributed by atoms with Gasteiger partial charge in [-0.15, -0.1) is 11.3 Å². The van der Waals surface area contributed by atoms with E-state index in [4.69, 9.17) is 4.74 Å². The van der Waals surface area contributed by atoms with Crippen LogP contribution in [0.5, 0.6) is 11.5 Å². The highest BCUT2D eigenvalue weighted by molar-refractivity contribution is 7.09. The number of aromatic nitrogens is 3. The third-order valence-electron chi connectivity index (χ3n) is 4.66. The minimum Gasteiger partial charge on any atom is -0.507 e. The third-order valence-corrected chi connectivity index (χ3v) is 5.50. The van der Waals surface area contributed by atoms with Crippen LogP contribution in [-0.4, -0.2) is 25.8 Å². The number of hydrogen-bond donors (Lipinski definition) is 1. The largest absolute Gasteiger partial charge is 0.507 e. The Morgan fingerprint density at radius 3 is 2.87 bits per heavy atom. The molecule has 0 aliphatic heterocycles.